The summed E-state index contributed by atoms with van der Waals surface area (Å²) in [4.78, 5) is 14.8. The van der Waals surface area contributed by atoms with Crippen LogP contribution in [0.5, 0.6) is 11.5 Å². The van der Waals surface area contributed by atoms with Crippen molar-refractivity contribution in [3.8, 4) is 11.5 Å². The van der Waals surface area contributed by atoms with E-state index >= 15 is 0 Å². The minimum Gasteiger partial charge on any atom is -0.493 e. The third kappa shape index (κ3) is 2.71. The standard InChI is InChI=1S/C19H21NO4/c1-12-10-16(21)14-6-4-5-7-15(14)20(12)19(22)13-8-9-17(23-2)18(11-13)24-3/h4-9,11-12,16,21H,10H2,1-3H3. The Kier molecular flexibility index (Phi) is 4.44. The fourth-order valence-corrected chi connectivity index (χ4v) is 3.20. The van der Waals surface area contributed by atoms with E-state index in [0.29, 0.717) is 23.5 Å². The van der Waals surface area contributed by atoms with Crippen LogP contribution < -0.4 is 14.4 Å². The number of ether oxygens (including phenoxy) is 2. The zero-order valence-electron chi connectivity index (χ0n) is 14.0. The van der Waals surface area contributed by atoms with Crippen molar-refractivity contribution in [2.24, 2.45) is 0 Å². The Morgan fingerprint density at radius 2 is 1.83 bits per heavy atom. The van der Waals surface area contributed by atoms with Crippen molar-refractivity contribution in [3.63, 3.8) is 0 Å². The molecule has 0 saturated heterocycles. The molecule has 0 saturated carbocycles. The number of hydrogen-bond acceptors (Lipinski definition) is 4. The van der Waals surface area contributed by atoms with Crippen LogP contribution in [0.4, 0.5) is 5.69 Å². The molecule has 5 heteroatoms. The number of para-hydroxylation sites is 1. The minimum absolute atomic E-state index is 0.101. The molecule has 0 aliphatic carbocycles. The number of carbonyl (C=O) groups is 1. The van der Waals surface area contributed by atoms with Crippen LogP contribution in [0.2, 0.25) is 0 Å². The summed E-state index contributed by atoms with van der Waals surface area (Å²) in [6.45, 7) is 1.94. The van der Waals surface area contributed by atoms with E-state index in [1.165, 1.54) is 0 Å². The second-order valence-electron chi connectivity index (χ2n) is 5.90. The largest absolute Gasteiger partial charge is 0.493 e. The van der Waals surface area contributed by atoms with E-state index in [0.717, 1.165) is 11.3 Å². The Balaban J connectivity index is 2.02. The first-order chi connectivity index (χ1) is 11.6. The molecule has 24 heavy (non-hydrogen) atoms. The highest BCUT2D eigenvalue weighted by Gasteiger charge is 2.33. The van der Waals surface area contributed by atoms with Gasteiger partial charge in [-0.1, -0.05) is 18.2 Å². The lowest BCUT2D eigenvalue weighted by Crippen LogP contribution is -2.43. The second-order valence-corrected chi connectivity index (χ2v) is 5.90. The molecule has 2 atom stereocenters. The lowest BCUT2D eigenvalue weighted by Gasteiger charge is -2.37. The van der Waals surface area contributed by atoms with Crippen molar-refractivity contribution in [3.05, 3.63) is 53.6 Å². The molecular formula is C19H21NO4. The van der Waals surface area contributed by atoms with E-state index in [9.17, 15) is 9.90 Å². The van der Waals surface area contributed by atoms with E-state index in [1.807, 2.05) is 31.2 Å². The Bertz CT molecular complexity index is 759. The number of methoxy groups -OCH3 is 2. The number of anilines is 1. The lowest BCUT2D eigenvalue weighted by atomic mass is 9.93. The quantitative estimate of drug-likeness (QED) is 0.941. The maximum Gasteiger partial charge on any atom is 0.258 e. The van der Waals surface area contributed by atoms with Crippen LogP contribution in [-0.4, -0.2) is 31.3 Å². The Hall–Kier alpha value is -2.53. The van der Waals surface area contributed by atoms with Crippen molar-refractivity contribution in [2.75, 3.05) is 19.1 Å². The van der Waals surface area contributed by atoms with Crippen LogP contribution >= 0.6 is 0 Å². The molecule has 0 bridgehead atoms. The summed E-state index contributed by atoms with van der Waals surface area (Å²) in [5, 5.41) is 10.3. The van der Waals surface area contributed by atoms with E-state index < -0.39 is 6.10 Å². The SMILES string of the molecule is COc1ccc(C(=O)N2c3ccccc3C(O)CC2C)cc1OC. The van der Waals surface area contributed by atoms with Gasteiger partial charge in [-0.3, -0.25) is 4.79 Å². The molecule has 0 spiro atoms. The molecule has 0 aromatic heterocycles. The van der Waals surface area contributed by atoms with Crippen molar-refractivity contribution < 1.29 is 19.4 Å². The number of carbonyl (C=O) groups excluding carboxylic acids is 1. The number of aliphatic hydroxyl groups excluding tert-OH is 1. The summed E-state index contributed by atoms with van der Waals surface area (Å²) in [6, 6.07) is 12.5. The maximum absolute atomic E-state index is 13.1. The van der Waals surface area contributed by atoms with Crippen molar-refractivity contribution in [2.45, 2.75) is 25.5 Å². The topological polar surface area (TPSA) is 59.0 Å². The predicted octanol–water partition coefficient (Wildman–Crippen LogP) is 3.18. The van der Waals surface area contributed by atoms with Crippen molar-refractivity contribution in [1.82, 2.24) is 0 Å². The third-order valence-corrected chi connectivity index (χ3v) is 4.41. The van der Waals surface area contributed by atoms with Crippen molar-refractivity contribution in [1.29, 1.82) is 0 Å². The lowest BCUT2D eigenvalue weighted by molar-refractivity contribution is 0.0948. The highest BCUT2D eigenvalue weighted by atomic mass is 16.5. The van der Waals surface area contributed by atoms with Crippen LogP contribution in [0.25, 0.3) is 0 Å². The average Bonchev–Trinajstić information content (AvgIpc) is 2.61. The molecule has 1 amide bonds. The fourth-order valence-electron chi connectivity index (χ4n) is 3.20. The van der Waals surface area contributed by atoms with Gasteiger partial charge in [0, 0.05) is 17.2 Å². The van der Waals surface area contributed by atoms with Gasteiger partial charge in [-0.05, 0) is 37.6 Å². The van der Waals surface area contributed by atoms with E-state index in [1.54, 1.807) is 37.3 Å². The molecule has 1 aliphatic rings. The van der Waals surface area contributed by atoms with Gasteiger partial charge in [0.1, 0.15) is 0 Å². The first kappa shape index (κ1) is 16.3. The number of hydrogen-bond donors (Lipinski definition) is 1. The van der Waals surface area contributed by atoms with Gasteiger partial charge in [-0.15, -0.1) is 0 Å². The number of fused-ring (bicyclic) bond motifs is 1. The smallest absolute Gasteiger partial charge is 0.258 e. The molecule has 2 aromatic rings. The summed E-state index contributed by atoms with van der Waals surface area (Å²) in [7, 11) is 3.10. The first-order valence-corrected chi connectivity index (χ1v) is 7.89. The number of nitrogens with zero attached hydrogens (tertiary/aromatic N) is 1. The minimum atomic E-state index is -0.550. The number of rotatable bonds is 3. The summed E-state index contributed by atoms with van der Waals surface area (Å²) < 4.78 is 10.5. The summed E-state index contributed by atoms with van der Waals surface area (Å²) in [5.74, 6) is 0.973. The molecular weight excluding hydrogens is 306 g/mol. The van der Waals surface area contributed by atoms with Gasteiger partial charge in [0.25, 0.3) is 5.91 Å². The summed E-state index contributed by atoms with van der Waals surface area (Å²) in [6.07, 6.45) is -0.0404. The predicted molar refractivity (Wildman–Crippen MR) is 91.8 cm³/mol. The zero-order valence-corrected chi connectivity index (χ0v) is 14.0. The molecule has 1 heterocycles. The molecule has 3 rings (SSSR count). The molecule has 1 aliphatic heterocycles. The molecule has 2 unspecified atom stereocenters. The molecule has 5 nitrogen and oxygen atoms in total. The molecule has 2 aromatic carbocycles. The van der Waals surface area contributed by atoms with Gasteiger partial charge in [-0.2, -0.15) is 0 Å². The van der Waals surface area contributed by atoms with E-state index in [-0.39, 0.29) is 11.9 Å². The normalized spacial score (nSPS) is 19.6. The molecule has 1 N–H and O–H groups in total. The molecule has 0 fully saturated rings. The highest BCUT2D eigenvalue weighted by molar-refractivity contribution is 6.07. The van der Waals surface area contributed by atoms with Gasteiger partial charge in [0.15, 0.2) is 11.5 Å². The third-order valence-electron chi connectivity index (χ3n) is 4.41. The van der Waals surface area contributed by atoms with Crippen LogP contribution in [0.1, 0.15) is 35.4 Å². The van der Waals surface area contributed by atoms with Gasteiger partial charge in [0.05, 0.1) is 26.0 Å². The highest BCUT2D eigenvalue weighted by Crippen LogP contribution is 2.38. The van der Waals surface area contributed by atoms with Crippen molar-refractivity contribution >= 4 is 11.6 Å². The number of aliphatic hydroxyl groups is 1. The van der Waals surface area contributed by atoms with Crippen LogP contribution in [0, 0.1) is 0 Å². The fraction of sp³-hybridized carbons (Fsp3) is 0.316. The summed E-state index contributed by atoms with van der Waals surface area (Å²) in [5.41, 5.74) is 2.05. The molecule has 126 valence electrons. The number of benzene rings is 2. The van der Waals surface area contributed by atoms with E-state index in [4.69, 9.17) is 9.47 Å². The monoisotopic (exact) mass is 327 g/mol. The Morgan fingerprint density at radius 3 is 2.54 bits per heavy atom. The van der Waals surface area contributed by atoms with Crippen LogP contribution in [0.15, 0.2) is 42.5 Å². The van der Waals surface area contributed by atoms with E-state index in [2.05, 4.69) is 0 Å². The average molecular weight is 327 g/mol. The maximum atomic E-state index is 13.1. The van der Waals surface area contributed by atoms with Crippen LogP contribution in [0.3, 0.4) is 0 Å². The van der Waals surface area contributed by atoms with Gasteiger partial charge >= 0.3 is 0 Å². The Morgan fingerprint density at radius 1 is 1.12 bits per heavy atom. The Labute approximate surface area is 141 Å². The molecule has 0 radical (unpaired) electrons. The van der Waals surface area contributed by atoms with Crippen LogP contribution in [-0.2, 0) is 0 Å². The van der Waals surface area contributed by atoms with Gasteiger partial charge < -0.3 is 19.5 Å². The zero-order chi connectivity index (χ0) is 17.3. The van der Waals surface area contributed by atoms with Gasteiger partial charge in [-0.25, -0.2) is 0 Å². The number of amides is 1. The summed E-state index contributed by atoms with van der Waals surface area (Å²) >= 11 is 0. The van der Waals surface area contributed by atoms with Gasteiger partial charge in [0.2, 0.25) is 0 Å². The second kappa shape index (κ2) is 6.53. The first-order valence-electron chi connectivity index (χ1n) is 7.89.